The van der Waals surface area contributed by atoms with Gasteiger partial charge in [-0.25, -0.2) is 0 Å². The molecule has 5 nitrogen and oxygen atoms in total. The van der Waals surface area contributed by atoms with Crippen LogP contribution in [0, 0.1) is 16.7 Å². The third-order valence-corrected chi connectivity index (χ3v) is 5.11. The number of nitrogens with zero attached hydrogens (tertiary/aromatic N) is 1. The van der Waals surface area contributed by atoms with E-state index in [1.54, 1.807) is 20.3 Å². The molecule has 0 saturated heterocycles. The lowest BCUT2D eigenvalue weighted by molar-refractivity contribution is -0.118. The quantitative estimate of drug-likeness (QED) is 0.895. The topological polar surface area (TPSA) is 71.3 Å². The fourth-order valence-electron chi connectivity index (χ4n) is 3.95. The summed E-state index contributed by atoms with van der Waals surface area (Å²) in [6.45, 7) is 6.08. The van der Waals surface area contributed by atoms with Crippen molar-refractivity contribution in [1.29, 1.82) is 5.26 Å². The van der Waals surface area contributed by atoms with E-state index >= 15 is 0 Å². The predicted octanol–water partition coefficient (Wildman–Crippen LogP) is 3.83. The highest BCUT2D eigenvalue weighted by atomic mass is 16.5. The smallest absolute Gasteiger partial charge is 0.162 e. The van der Waals surface area contributed by atoms with Crippen molar-refractivity contribution in [3.8, 4) is 17.6 Å². The fraction of sp³-hybridized carbons (Fsp3) is 0.429. The number of carbonyl (C=O) groups is 1. The third kappa shape index (κ3) is 2.96. The number of Topliss-reactive ketones (excluding diaryl/α,β-unsaturated/α-hetero) is 1. The van der Waals surface area contributed by atoms with Gasteiger partial charge >= 0.3 is 0 Å². The zero-order chi connectivity index (χ0) is 19.1. The highest BCUT2D eigenvalue weighted by Gasteiger charge is 2.41. The van der Waals surface area contributed by atoms with Crippen molar-refractivity contribution in [3.05, 3.63) is 46.3 Å². The van der Waals surface area contributed by atoms with Gasteiger partial charge in [0.05, 0.1) is 31.8 Å². The predicted molar refractivity (Wildman–Crippen MR) is 98.8 cm³/mol. The Bertz CT molecular complexity index is 872. The first-order valence-corrected chi connectivity index (χ1v) is 8.67. The summed E-state index contributed by atoms with van der Waals surface area (Å²) in [5.41, 5.74) is 3.67. The van der Waals surface area contributed by atoms with E-state index in [2.05, 4.69) is 25.2 Å². The maximum absolute atomic E-state index is 13.0. The van der Waals surface area contributed by atoms with Crippen molar-refractivity contribution in [2.24, 2.45) is 5.41 Å². The minimum Gasteiger partial charge on any atom is -0.497 e. The number of benzene rings is 1. The number of ketones is 1. The van der Waals surface area contributed by atoms with E-state index in [1.165, 1.54) is 0 Å². The number of nitrogens with one attached hydrogen (secondary N) is 1. The summed E-state index contributed by atoms with van der Waals surface area (Å²) in [4.78, 5) is 13.0. The number of rotatable bonds is 3. The molecule has 0 spiro atoms. The van der Waals surface area contributed by atoms with E-state index in [1.807, 2.05) is 19.1 Å². The van der Waals surface area contributed by atoms with Crippen LogP contribution >= 0.6 is 0 Å². The van der Waals surface area contributed by atoms with Crippen LogP contribution in [-0.4, -0.2) is 20.0 Å². The molecule has 1 heterocycles. The molecule has 1 aromatic rings. The second kappa shape index (κ2) is 6.53. The van der Waals surface area contributed by atoms with Gasteiger partial charge in [-0.2, -0.15) is 5.26 Å². The molecular weight excluding hydrogens is 328 g/mol. The van der Waals surface area contributed by atoms with Crippen molar-refractivity contribution in [2.75, 3.05) is 14.2 Å². The molecule has 1 N–H and O–H groups in total. The number of hydrogen-bond acceptors (Lipinski definition) is 5. The normalized spacial score (nSPS) is 21.7. The number of hydrogen-bond donors (Lipinski definition) is 1. The Kier molecular flexibility index (Phi) is 4.53. The lowest BCUT2D eigenvalue weighted by atomic mass is 9.68. The molecule has 26 heavy (non-hydrogen) atoms. The van der Waals surface area contributed by atoms with E-state index < -0.39 is 5.92 Å². The Hall–Kier alpha value is -2.74. The highest BCUT2D eigenvalue weighted by molar-refractivity contribution is 6.00. The zero-order valence-electron chi connectivity index (χ0n) is 15.9. The SMILES string of the molecule is COc1ccc([C@H]2C(C#N)=C(C)NC3=C2C(=O)CC(C)(C)C3)c(OC)c1. The van der Waals surface area contributed by atoms with Gasteiger partial charge in [0.2, 0.25) is 0 Å². The van der Waals surface area contributed by atoms with Gasteiger partial charge in [0.1, 0.15) is 11.5 Å². The maximum atomic E-state index is 13.0. The standard InChI is InChI=1S/C21H24N2O3/c1-12-15(11-22)19(14-7-6-13(25-4)8-18(14)26-5)20-16(23-12)9-21(2,3)10-17(20)24/h6-8,19,23H,9-10H2,1-5H3/t19-/m0/s1. The minimum atomic E-state index is -0.416. The Morgan fingerprint density at radius 1 is 1.23 bits per heavy atom. The maximum Gasteiger partial charge on any atom is 0.162 e. The molecule has 0 amide bonds. The molecule has 0 unspecified atom stereocenters. The van der Waals surface area contributed by atoms with Crippen molar-refractivity contribution in [3.63, 3.8) is 0 Å². The molecule has 3 rings (SSSR count). The molecule has 1 aliphatic carbocycles. The Morgan fingerprint density at radius 3 is 2.58 bits per heavy atom. The van der Waals surface area contributed by atoms with Crippen LogP contribution in [0.3, 0.4) is 0 Å². The van der Waals surface area contributed by atoms with Crippen LogP contribution in [-0.2, 0) is 4.79 Å². The van der Waals surface area contributed by atoms with Crippen molar-refractivity contribution in [2.45, 2.75) is 39.5 Å². The minimum absolute atomic E-state index is 0.0897. The second-order valence-corrected chi connectivity index (χ2v) is 7.65. The molecular formula is C21H24N2O3. The Labute approximate surface area is 154 Å². The summed E-state index contributed by atoms with van der Waals surface area (Å²) in [6.07, 6.45) is 1.25. The van der Waals surface area contributed by atoms with Crippen LogP contribution < -0.4 is 14.8 Å². The molecule has 5 heteroatoms. The molecule has 0 bridgehead atoms. The van der Waals surface area contributed by atoms with Gasteiger partial charge in [-0.1, -0.05) is 19.9 Å². The summed E-state index contributed by atoms with van der Waals surface area (Å²) < 4.78 is 10.8. The van der Waals surface area contributed by atoms with Gasteiger partial charge in [-0.3, -0.25) is 4.79 Å². The fourth-order valence-corrected chi connectivity index (χ4v) is 3.95. The molecule has 0 fully saturated rings. The van der Waals surface area contributed by atoms with Gasteiger partial charge in [0.25, 0.3) is 0 Å². The lowest BCUT2D eigenvalue weighted by Gasteiger charge is -2.39. The van der Waals surface area contributed by atoms with E-state index in [0.717, 1.165) is 23.4 Å². The first kappa shape index (κ1) is 18.1. The lowest BCUT2D eigenvalue weighted by Crippen LogP contribution is -2.36. The number of carbonyl (C=O) groups excluding carboxylic acids is 1. The molecule has 136 valence electrons. The van der Waals surface area contributed by atoms with Gasteiger partial charge in [0.15, 0.2) is 5.78 Å². The van der Waals surface area contributed by atoms with Crippen LogP contribution in [0.5, 0.6) is 11.5 Å². The van der Waals surface area contributed by atoms with Gasteiger partial charge < -0.3 is 14.8 Å². The van der Waals surface area contributed by atoms with Crippen molar-refractivity contribution >= 4 is 5.78 Å². The van der Waals surface area contributed by atoms with E-state index in [9.17, 15) is 10.1 Å². The van der Waals surface area contributed by atoms with Gasteiger partial charge in [0, 0.05) is 35.0 Å². The highest BCUT2D eigenvalue weighted by Crippen LogP contribution is 2.48. The van der Waals surface area contributed by atoms with Crippen LogP contribution in [0.4, 0.5) is 0 Å². The average Bonchev–Trinajstić information content (AvgIpc) is 2.58. The van der Waals surface area contributed by atoms with Gasteiger partial charge in [-0.05, 0) is 24.8 Å². The van der Waals surface area contributed by atoms with E-state index in [0.29, 0.717) is 29.1 Å². The average molecular weight is 352 g/mol. The Balaban J connectivity index is 2.22. The first-order valence-electron chi connectivity index (χ1n) is 8.67. The summed E-state index contributed by atoms with van der Waals surface area (Å²) in [6, 6.07) is 7.81. The summed E-state index contributed by atoms with van der Waals surface area (Å²) in [5, 5.41) is 13.1. The summed E-state index contributed by atoms with van der Waals surface area (Å²) in [7, 11) is 3.18. The van der Waals surface area contributed by atoms with E-state index in [4.69, 9.17) is 9.47 Å². The molecule has 0 saturated carbocycles. The Morgan fingerprint density at radius 2 is 1.96 bits per heavy atom. The number of nitriles is 1. The van der Waals surface area contributed by atoms with Crippen molar-refractivity contribution < 1.29 is 14.3 Å². The van der Waals surface area contributed by atoms with Crippen LogP contribution in [0.1, 0.15) is 45.1 Å². The molecule has 0 radical (unpaired) electrons. The monoisotopic (exact) mass is 352 g/mol. The summed E-state index contributed by atoms with van der Waals surface area (Å²) in [5.74, 6) is 0.956. The van der Waals surface area contributed by atoms with Crippen LogP contribution in [0.25, 0.3) is 0 Å². The number of allylic oxidation sites excluding steroid dienone is 4. The molecule has 2 aliphatic rings. The summed E-state index contributed by atoms with van der Waals surface area (Å²) >= 11 is 0. The number of ether oxygens (including phenoxy) is 2. The molecule has 1 aliphatic heterocycles. The first-order chi connectivity index (χ1) is 12.3. The molecule has 1 aromatic carbocycles. The molecule has 1 atom stereocenters. The third-order valence-electron chi connectivity index (χ3n) is 5.11. The van der Waals surface area contributed by atoms with Crippen LogP contribution in [0.2, 0.25) is 0 Å². The number of methoxy groups -OCH3 is 2. The van der Waals surface area contributed by atoms with Gasteiger partial charge in [-0.15, -0.1) is 0 Å². The van der Waals surface area contributed by atoms with E-state index in [-0.39, 0.29) is 11.2 Å². The van der Waals surface area contributed by atoms with Crippen molar-refractivity contribution in [1.82, 2.24) is 5.32 Å². The van der Waals surface area contributed by atoms with Crippen LogP contribution in [0.15, 0.2) is 40.7 Å². The molecule has 0 aromatic heterocycles. The number of dihydropyridines is 1. The largest absolute Gasteiger partial charge is 0.497 e. The second-order valence-electron chi connectivity index (χ2n) is 7.65. The zero-order valence-corrected chi connectivity index (χ0v) is 15.9.